The van der Waals surface area contributed by atoms with Gasteiger partial charge in [0.15, 0.2) is 5.82 Å². The number of nitrogens with zero attached hydrogens (tertiary/aromatic N) is 3. The largest absolute Gasteiger partial charge is 0.408 e. The van der Waals surface area contributed by atoms with Crippen LogP contribution in [0.15, 0.2) is 30.3 Å². The fraction of sp³-hybridized carbons (Fsp3) is 0.529. The van der Waals surface area contributed by atoms with E-state index in [2.05, 4.69) is 15.4 Å². The molecule has 0 unspecified atom stereocenters. The summed E-state index contributed by atoms with van der Waals surface area (Å²) in [7, 11) is 0. The molecule has 2 aromatic rings. The monoisotopic (exact) mass is 354 g/mol. The summed E-state index contributed by atoms with van der Waals surface area (Å²) in [4.78, 5) is 4.35. The molecule has 1 aliphatic rings. The van der Waals surface area contributed by atoms with Gasteiger partial charge in [-0.15, -0.1) is 0 Å². The topological polar surface area (TPSA) is 52.0 Å². The van der Waals surface area contributed by atoms with Crippen LogP contribution in [0.1, 0.15) is 17.2 Å². The maximum absolute atomic E-state index is 12.8. The zero-order chi connectivity index (χ0) is 17.7. The number of aromatic nitrogens is 3. The fourth-order valence-electron chi connectivity index (χ4n) is 2.83. The van der Waals surface area contributed by atoms with E-state index in [9.17, 15) is 13.2 Å². The third-order valence-electron chi connectivity index (χ3n) is 4.02. The molecule has 0 radical (unpaired) electrons. The van der Waals surface area contributed by atoms with E-state index in [4.69, 9.17) is 4.74 Å². The van der Waals surface area contributed by atoms with E-state index in [0.29, 0.717) is 44.1 Å². The fourth-order valence-corrected chi connectivity index (χ4v) is 2.83. The van der Waals surface area contributed by atoms with E-state index < -0.39 is 12.7 Å². The first kappa shape index (κ1) is 17.9. The summed E-state index contributed by atoms with van der Waals surface area (Å²) in [6.07, 6.45) is -2.98. The van der Waals surface area contributed by atoms with Crippen molar-refractivity contribution in [3.8, 4) is 0 Å². The number of rotatable bonds is 6. The second-order valence-corrected chi connectivity index (χ2v) is 6.10. The van der Waals surface area contributed by atoms with E-state index in [1.807, 2.05) is 30.3 Å². The molecule has 1 aromatic carbocycles. The minimum Gasteiger partial charge on any atom is -0.375 e. The van der Waals surface area contributed by atoms with Crippen LogP contribution in [0.25, 0.3) is 0 Å². The first-order valence-corrected chi connectivity index (χ1v) is 8.35. The van der Waals surface area contributed by atoms with E-state index in [1.54, 1.807) is 0 Å². The van der Waals surface area contributed by atoms with E-state index in [0.717, 1.165) is 16.8 Å². The minimum absolute atomic E-state index is 0.174. The predicted molar refractivity (Wildman–Crippen MR) is 86.2 cm³/mol. The highest BCUT2D eigenvalue weighted by molar-refractivity contribution is 5.15. The molecule has 0 saturated carbocycles. The number of alkyl halides is 3. The van der Waals surface area contributed by atoms with Crippen molar-refractivity contribution < 1.29 is 17.9 Å². The number of hydrogen-bond donors (Lipinski definition) is 1. The van der Waals surface area contributed by atoms with Gasteiger partial charge in [-0.1, -0.05) is 30.3 Å². The maximum atomic E-state index is 12.8. The van der Waals surface area contributed by atoms with Gasteiger partial charge in [0, 0.05) is 25.9 Å². The Labute approximate surface area is 144 Å². The van der Waals surface area contributed by atoms with Gasteiger partial charge in [0.2, 0.25) is 0 Å². The molecule has 1 aromatic heterocycles. The third kappa shape index (κ3) is 5.54. The molecule has 2 heterocycles. The number of hydrogen-bond acceptors (Lipinski definition) is 4. The van der Waals surface area contributed by atoms with Crippen molar-refractivity contribution in [1.82, 2.24) is 20.1 Å². The standard InChI is InChI=1S/C17H21F3N4O/c18-17(19,20)12-24-16(10-14-11-21-8-9-25-14)22-15(23-24)7-6-13-4-2-1-3-5-13/h1-5,14,21H,6-12H2/t14-/m1/s1. The van der Waals surface area contributed by atoms with Gasteiger partial charge in [-0.3, -0.25) is 0 Å². The van der Waals surface area contributed by atoms with Gasteiger partial charge >= 0.3 is 6.18 Å². The quantitative estimate of drug-likeness (QED) is 0.864. The Balaban J connectivity index is 1.71. The molecule has 1 N–H and O–H groups in total. The average Bonchev–Trinajstić information content (AvgIpc) is 2.94. The molecular formula is C17H21F3N4O. The smallest absolute Gasteiger partial charge is 0.375 e. The van der Waals surface area contributed by atoms with Crippen molar-refractivity contribution in [1.29, 1.82) is 0 Å². The third-order valence-corrected chi connectivity index (χ3v) is 4.02. The van der Waals surface area contributed by atoms with Crippen molar-refractivity contribution in [3.63, 3.8) is 0 Å². The zero-order valence-corrected chi connectivity index (χ0v) is 13.8. The summed E-state index contributed by atoms with van der Waals surface area (Å²) >= 11 is 0. The van der Waals surface area contributed by atoms with Crippen LogP contribution in [-0.4, -0.2) is 46.7 Å². The van der Waals surface area contributed by atoms with Crippen LogP contribution in [0, 0.1) is 0 Å². The number of halogens is 3. The Morgan fingerprint density at radius 2 is 2.00 bits per heavy atom. The normalized spacial score (nSPS) is 18.4. The molecule has 0 spiro atoms. The summed E-state index contributed by atoms with van der Waals surface area (Å²) in [5.41, 5.74) is 1.11. The molecule has 136 valence electrons. The van der Waals surface area contributed by atoms with Gasteiger partial charge in [0.05, 0.1) is 12.7 Å². The van der Waals surface area contributed by atoms with Crippen LogP contribution in [0.4, 0.5) is 13.2 Å². The van der Waals surface area contributed by atoms with E-state index in [1.165, 1.54) is 0 Å². The minimum atomic E-state index is -4.33. The number of ether oxygens (including phenoxy) is 1. The summed E-state index contributed by atoms with van der Waals surface area (Å²) < 4.78 is 45.0. The molecule has 1 saturated heterocycles. The van der Waals surface area contributed by atoms with E-state index in [-0.39, 0.29) is 6.10 Å². The van der Waals surface area contributed by atoms with Crippen molar-refractivity contribution in [2.75, 3.05) is 19.7 Å². The lowest BCUT2D eigenvalue weighted by molar-refractivity contribution is -0.143. The summed E-state index contributed by atoms with van der Waals surface area (Å²) in [6.45, 7) is 0.798. The summed E-state index contributed by atoms with van der Waals surface area (Å²) in [5.74, 6) is 0.765. The van der Waals surface area contributed by atoms with E-state index >= 15 is 0 Å². The van der Waals surface area contributed by atoms with Crippen LogP contribution in [0.5, 0.6) is 0 Å². The van der Waals surface area contributed by atoms with Gasteiger partial charge in [-0.25, -0.2) is 9.67 Å². The van der Waals surface area contributed by atoms with Crippen LogP contribution in [-0.2, 0) is 30.5 Å². The Hall–Kier alpha value is -1.93. The second-order valence-electron chi connectivity index (χ2n) is 6.10. The zero-order valence-electron chi connectivity index (χ0n) is 13.8. The number of aryl methyl sites for hydroxylation is 2. The Morgan fingerprint density at radius 1 is 1.20 bits per heavy atom. The number of benzene rings is 1. The molecule has 5 nitrogen and oxygen atoms in total. The van der Waals surface area contributed by atoms with Crippen molar-refractivity contribution in [3.05, 3.63) is 47.5 Å². The molecule has 1 aliphatic heterocycles. The Kier molecular flexibility index (Phi) is 5.70. The van der Waals surface area contributed by atoms with Crippen molar-refractivity contribution in [2.45, 2.75) is 38.1 Å². The van der Waals surface area contributed by atoms with Crippen LogP contribution in [0.3, 0.4) is 0 Å². The molecular weight excluding hydrogens is 333 g/mol. The molecule has 25 heavy (non-hydrogen) atoms. The lowest BCUT2D eigenvalue weighted by atomic mass is 10.1. The highest BCUT2D eigenvalue weighted by Crippen LogP contribution is 2.19. The highest BCUT2D eigenvalue weighted by Gasteiger charge is 2.31. The van der Waals surface area contributed by atoms with Crippen LogP contribution < -0.4 is 5.32 Å². The lowest BCUT2D eigenvalue weighted by Gasteiger charge is -2.23. The molecule has 0 bridgehead atoms. The van der Waals surface area contributed by atoms with Crippen molar-refractivity contribution >= 4 is 0 Å². The van der Waals surface area contributed by atoms with Gasteiger partial charge in [0.1, 0.15) is 12.4 Å². The SMILES string of the molecule is FC(F)(F)Cn1nc(CCc2ccccc2)nc1C[C@@H]1CNCCO1. The lowest BCUT2D eigenvalue weighted by Crippen LogP contribution is -2.40. The molecule has 0 amide bonds. The van der Waals surface area contributed by atoms with Gasteiger partial charge in [-0.2, -0.15) is 18.3 Å². The molecule has 1 fully saturated rings. The molecule has 3 rings (SSSR count). The molecule has 8 heteroatoms. The predicted octanol–water partition coefficient (Wildman–Crippen LogP) is 2.16. The average molecular weight is 354 g/mol. The van der Waals surface area contributed by atoms with Gasteiger partial charge in [-0.05, 0) is 12.0 Å². The number of nitrogens with one attached hydrogen (secondary N) is 1. The second kappa shape index (κ2) is 7.97. The first-order valence-electron chi connectivity index (χ1n) is 8.35. The molecule has 1 atom stereocenters. The Bertz CT molecular complexity index is 666. The van der Waals surface area contributed by atoms with Gasteiger partial charge < -0.3 is 10.1 Å². The van der Waals surface area contributed by atoms with Gasteiger partial charge in [0.25, 0.3) is 0 Å². The molecule has 0 aliphatic carbocycles. The summed E-state index contributed by atoms with van der Waals surface area (Å²) in [5, 5.41) is 7.26. The number of morpholine rings is 1. The van der Waals surface area contributed by atoms with Crippen LogP contribution >= 0.6 is 0 Å². The van der Waals surface area contributed by atoms with Crippen molar-refractivity contribution in [2.24, 2.45) is 0 Å². The first-order chi connectivity index (χ1) is 12.0. The highest BCUT2D eigenvalue weighted by atomic mass is 19.4. The summed E-state index contributed by atoms with van der Waals surface area (Å²) in [6, 6.07) is 9.76. The Morgan fingerprint density at radius 3 is 2.68 bits per heavy atom. The van der Waals surface area contributed by atoms with Crippen LogP contribution in [0.2, 0.25) is 0 Å². The maximum Gasteiger partial charge on any atom is 0.408 e.